The highest BCUT2D eigenvalue weighted by molar-refractivity contribution is 8.76. The van der Waals surface area contributed by atoms with Gasteiger partial charge in [-0.2, -0.15) is 0 Å². The molecule has 0 bridgehead atoms. The molecule has 2 rings (SSSR count). The summed E-state index contributed by atoms with van der Waals surface area (Å²) in [5, 5.41) is 0. The van der Waals surface area contributed by atoms with Gasteiger partial charge in [-0.15, -0.1) is 7.42 Å². The van der Waals surface area contributed by atoms with Crippen molar-refractivity contribution in [2.24, 2.45) is 0 Å². The molecule has 24 heavy (non-hydrogen) atoms. The lowest BCUT2D eigenvalue weighted by Gasteiger charge is -2.19. The van der Waals surface area contributed by atoms with Crippen LogP contribution in [0, 0.1) is 0 Å². The molecule has 6 nitrogen and oxygen atoms in total. The van der Waals surface area contributed by atoms with Crippen molar-refractivity contribution >= 4 is 42.0 Å². The second-order valence-corrected chi connectivity index (χ2v) is 11.3. The summed E-state index contributed by atoms with van der Waals surface area (Å²) < 4.78 is 51.6. The summed E-state index contributed by atoms with van der Waals surface area (Å²) in [6.07, 6.45) is 0. The number of rotatable bonds is 7. The zero-order chi connectivity index (χ0) is 17.8. The van der Waals surface area contributed by atoms with Gasteiger partial charge in [-0.3, -0.25) is 0 Å². The van der Waals surface area contributed by atoms with Gasteiger partial charge in [0.25, 0.3) is 20.0 Å². The number of benzene rings is 2. The Bertz CT molecular complexity index is 796. The molecule has 0 N–H and O–H groups in total. The molecular weight excluding hydrogens is 388 g/mol. The smallest absolute Gasteiger partial charge is 0.206 e. The summed E-state index contributed by atoms with van der Waals surface area (Å²) in [5.41, 5.74) is 0. The highest BCUT2D eigenvalue weighted by Crippen LogP contribution is 2.35. The number of sulfonamides is 2. The molecule has 0 radical (unpaired) electrons. The second-order valence-electron chi connectivity index (χ2n) is 4.60. The molecule has 0 aliphatic rings. The minimum atomic E-state index is -3.69. The Labute approximate surface area is 150 Å². The summed E-state index contributed by atoms with van der Waals surface area (Å²) in [4.78, 5) is 0.295. The molecule has 0 heterocycles. The van der Waals surface area contributed by atoms with Crippen molar-refractivity contribution in [2.45, 2.75) is 9.79 Å². The van der Waals surface area contributed by atoms with E-state index in [9.17, 15) is 16.8 Å². The topological polar surface area (TPSA) is 74.8 Å². The first-order chi connectivity index (χ1) is 11.3. The number of hydrogen-bond acceptors (Lipinski definition) is 6. The van der Waals surface area contributed by atoms with Crippen LogP contribution >= 0.6 is 22.0 Å². The van der Waals surface area contributed by atoms with Gasteiger partial charge in [0.05, 0.1) is 9.79 Å². The molecule has 130 valence electrons. The van der Waals surface area contributed by atoms with E-state index in [0.29, 0.717) is 0 Å². The summed E-state index contributed by atoms with van der Waals surface area (Å²) >= 11 is 0. The van der Waals surface area contributed by atoms with Crippen molar-refractivity contribution in [1.29, 1.82) is 0 Å². The Morgan fingerprint density at radius 2 is 0.917 bits per heavy atom. The van der Waals surface area contributed by atoms with E-state index < -0.39 is 20.0 Å². The first kappa shape index (κ1) is 19.3. The minimum Gasteiger partial charge on any atom is -0.206 e. The standard InChI is InChI=1S/C14H16N2O4S4/c1-15(23(17,18)13-9-5-3-6-10-13)21-22-16(2)24(19,20)14-11-7-4-8-12-14/h3-12H,1-2H3. The van der Waals surface area contributed by atoms with E-state index in [2.05, 4.69) is 0 Å². The SMILES string of the molecule is CN(SSN(C)S(=O)(=O)c1ccccc1)S(=O)(=O)c1ccccc1. The molecule has 0 amide bonds. The normalized spacial score (nSPS) is 12.7. The van der Waals surface area contributed by atoms with Gasteiger partial charge in [-0.1, -0.05) is 36.4 Å². The Kier molecular flexibility index (Phi) is 6.34. The molecular formula is C14H16N2O4S4. The van der Waals surface area contributed by atoms with Gasteiger partial charge in [0.15, 0.2) is 0 Å². The van der Waals surface area contributed by atoms with Crippen molar-refractivity contribution in [3.63, 3.8) is 0 Å². The van der Waals surface area contributed by atoms with Crippen LogP contribution in [0.3, 0.4) is 0 Å². The van der Waals surface area contributed by atoms with E-state index in [0.717, 1.165) is 29.4 Å². The molecule has 0 aliphatic heterocycles. The molecule has 2 aromatic carbocycles. The zero-order valence-corrected chi connectivity index (χ0v) is 16.2. The van der Waals surface area contributed by atoms with Gasteiger partial charge < -0.3 is 0 Å². The van der Waals surface area contributed by atoms with E-state index in [4.69, 9.17) is 0 Å². The van der Waals surface area contributed by atoms with Crippen LogP contribution in [0.25, 0.3) is 0 Å². The van der Waals surface area contributed by atoms with Gasteiger partial charge in [0.1, 0.15) is 0 Å². The minimum absolute atomic E-state index is 0.147. The predicted octanol–water partition coefficient (Wildman–Crippen LogP) is 2.84. The fourth-order valence-electron chi connectivity index (χ4n) is 1.66. The highest BCUT2D eigenvalue weighted by atomic mass is 33.1. The van der Waals surface area contributed by atoms with Crippen LogP contribution in [0.2, 0.25) is 0 Å². The summed E-state index contributed by atoms with van der Waals surface area (Å²) in [6.45, 7) is 0. The molecule has 0 aromatic heterocycles. The molecule has 2 aromatic rings. The molecule has 0 aliphatic carbocycles. The molecule has 10 heteroatoms. The van der Waals surface area contributed by atoms with Crippen LogP contribution in [-0.4, -0.2) is 38.4 Å². The van der Waals surface area contributed by atoms with Crippen molar-refractivity contribution in [3.8, 4) is 0 Å². The molecule has 0 fully saturated rings. The maximum Gasteiger partial charge on any atom is 0.252 e. The largest absolute Gasteiger partial charge is 0.252 e. The van der Waals surface area contributed by atoms with Crippen molar-refractivity contribution in [3.05, 3.63) is 60.7 Å². The third-order valence-electron chi connectivity index (χ3n) is 3.00. The Hall–Kier alpha value is -1.04. The molecule has 0 unspecified atom stereocenters. The zero-order valence-electron chi connectivity index (χ0n) is 12.9. The van der Waals surface area contributed by atoms with Crippen molar-refractivity contribution in [1.82, 2.24) is 7.42 Å². The summed E-state index contributed by atoms with van der Waals surface area (Å²) in [5.74, 6) is 0. The van der Waals surface area contributed by atoms with Crippen LogP contribution < -0.4 is 0 Å². The lowest BCUT2D eigenvalue weighted by Crippen LogP contribution is -2.23. The Balaban J connectivity index is 2.08. The summed E-state index contributed by atoms with van der Waals surface area (Å²) in [7, 11) is -2.99. The van der Waals surface area contributed by atoms with Crippen LogP contribution in [-0.2, 0) is 20.0 Å². The first-order valence-corrected chi connectivity index (χ1v) is 11.6. The van der Waals surface area contributed by atoms with Crippen LogP contribution in [0.1, 0.15) is 0 Å². The van der Waals surface area contributed by atoms with E-state index in [1.807, 2.05) is 0 Å². The lowest BCUT2D eigenvalue weighted by atomic mass is 10.4. The van der Waals surface area contributed by atoms with Crippen molar-refractivity contribution < 1.29 is 16.8 Å². The molecule has 0 spiro atoms. The van der Waals surface area contributed by atoms with E-state index in [1.165, 1.54) is 38.4 Å². The Morgan fingerprint density at radius 1 is 0.625 bits per heavy atom. The third kappa shape index (κ3) is 4.32. The molecule has 0 atom stereocenters. The molecule has 0 saturated carbocycles. The van der Waals surface area contributed by atoms with Gasteiger partial charge in [0.2, 0.25) is 0 Å². The lowest BCUT2D eigenvalue weighted by molar-refractivity contribution is 0.562. The van der Waals surface area contributed by atoms with E-state index in [1.54, 1.807) is 36.4 Å². The van der Waals surface area contributed by atoms with E-state index in [-0.39, 0.29) is 9.79 Å². The maximum atomic E-state index is 12.4. The number of nitrogens with zero attached hydrogens (tertiary/aromatic N) is 2. The fourth-order valence-corrected chi connectivity index (χ4v) is 7.09. The summed E-state index contributed by atoms with van der Waals surface area (Å²) in [6, 6.07) is 15.9. The highest BCUT2D eigenvalue weighted by Gasteiger charge is 2.26. The molecule has 0 saturated heterocycles. The van der Waals surface area contributed by atoms with Gasteiger partial charge in [0, 0.05) is 36.1 Å². The van der Waals surface area contributed by atoms with Gasteiger partial charge in [-0.05, 0) is 24.3 Å². The fraction of sp³-hybridized carbons (Fsp3) is 0.143. The van der Waals surface area contributed by atoms with Crippen LogP contribution in [0.5, 0.6) is 0 Å². The average molecular weight is 405 g/mol. The third-order valence-corrected chi connectivity index (χ3v) is 10.3. The van der Waals surface area contributed by atoms with Gasteiger partial charge in [-0.25, -0.2) is 16.8 Å². The monoisotopic (exact) mass is 404 g/mol. The van der Waals surface area contributed by atoms with E-state index >= 15 is 0 Å². The number of hydrogen-bond donors (Lipinski definition) is 0. The van der Waals surface area contributed by atoms with Crippen molar-refractivity contribution in [2.75, 3.05) is 14.1 Å². The maximum absolute atomic E-state index is 12.4. The second kappa shape index (κ2) is 7.89. The average Bonchev–Trinajstić information content (AvgIpc) is 2.60. The first-order valence-electron chi connectivity index (χ1n) is 6.69. The van der Waals surface area contributed by atoms with Crippen LogP contribution in [0.15, 0.2) is 70.5 Å². The van der Waals surface area contributed by atoms with Gasteiger partial charge >= 0.3 is 0 Å². The quantitative estimate of drug-likeness (QED) is 0.522. The predicted molar refractivity (Wildman–Crippen MR) is 98.0 cm³/mol. The van der Waals surface area contributed by atoms with Crippen LogP contribution in [0.4, 0.5) is 0 Å². The Morgan fingerprint density at radius 3 is 1.21 bits per heavy atom.